The fourth-order valence-corrected chi connectivity index (χ4v) is 2.86. The second-order valence-electron chi connectivity index (χ2n) is 6.00. The first-order valence-electron chi connectivity index (χ1n) is 8.38. The highest BCUT2D eigenvalue weighted by Gasteiger charge is 2.07. The van der Waals surface area contributed by atoms with Gasteiger partial charge in [0.25, 0.3) is 10.1 Å². The molecule has 0 aliphatic heterocycles. The van der Waals surface area contributed by atoms with Crippen molar-refractivity contribution in [1.29, 1.82) is 0 Å². The van der Waals surface area contributed by atoms with Gasteiger partial charge in [0.1, 0.15) is 6.61 Å². The van der Waals surface area contributed by atoms with Crippen molar-refractivity contribution >= 4 is 21.7 Å². The molecule has 3 aromatic rings. The van der Waals surface area contributed by atoms with Crippen LogP contribution in [0.5, 0.6) is 11.5 Å². The Morgan fingerprint density at radius 3 is 2.11 bits per heavy atom. The number of ether oxygens (including phenoxy) is 1. The summed E-state index contributed by atoms with van der Waals surface area (Å²) in [5, 5.41) is 9.72. The number of hydrogen-bond donors (Lipinski definition) is 2. The van der Waals surface area contributed by atoms with Crippen molar-refractivity contribution in [3.63, 3.8) is 0 Å². The zero-order valence-corrected chi connectivity index (χ0v) is 16.8. The summed E-state index contributed by atoms with van der Waals surface area (Å²) in [6.07, 6.45) is 0. The van der Waals surface area contributed by atoms with Crippen LogP contribution in [-0.4, -0.2) is 18.1 Å². The molecule has 0 spiro atoms. The van der Waals surface area contributed by atoms with Crippen molar-refractivity contribution < 1.29 is 22.8 Å². The fourth-order valence-electron chi connectivity index (χ4n) is 2.21. The smallest absolute Gasteiger partial charge is 0.294 e. The van der Waals surface area contributed by atoms with E-state index in [1.165, 1.54) is 12.1 Å². The van der Waals surface area contributed by atoms with Crippen LogP contribution in [0.1, 0.15) is 16.7 Å². The maximum absolute atomic E-state index is 10.5. The predicted octanol–water partition coefficient (Wildman–Crippen LogP) is 4.95. The lowest BCUT2D eigenvalue weighted by atomic mass is 10.2. The molecule has 0 saturated heterocycles. The average Bonchev–Trinajstić information content (AvgIpc) is 2.68. The number of phenolic OH excluding ortho intramolecular Hbond substituents is 1. The number of rotatable bonds is 5. The molecule has 0 amide bonds. The van der Waals surface area contributed by atoms with Crippen LogP contribution in [-0.2, 0) is 22.6 Å². The molecule has 28 heavy (non-hydrogen) atoms. The number of benzene rings is 3. The Morgan fingerprint density at radius 1 is 0.929 bits per heavy atom. The van der Waals surface area contributed by atoms with Crippen LogP contribution in [0.2, 0.25) is 0 Å². The summed E-state index contributed by atoms with van der Waals surface area (Å²) in [7, 11) is -4.02. The number of halogens is 1. The molecule has 0 atom stereocenters. The first kappa shape index (κ1) is 21.8. The summed E-state index contributed by atoms with van der Waals surface area (Å²) in [6, 6.07) is 21.0. The fraction of sp³-hybridized carbons (Fsp3) is 0.143. The van der Waals surface area contributed by atoms with E-state index < -0.39 is 10.1 Å². The van der Waals surface area contributed by atoms with Gasteiger partial charge in [-0.05, 0) is 42.3 Å². The lowest BCUT2D eigenvalue weighted by molar-refractivity contribution is 0.289. The molecular formula is C21H21ClO5S. The van der Waals surface area contributed by atoms with E-state index in [-0.39, 0.29) is 10.6 Å². The zero-order chi connectivity index (χ0) is 20.6. The molecule has 0 bridgehead atoms. The summed E-state index contributed by atoms with van der Waals surface area (Å²) in [6.45, 7) is 2.28. The standard InChI is InChI=1S/C14H13ClO2.C7H8O3S/c15-9-12-6-7-14(13(16)8-12)17-10-11-4-2-1-3-5-11;1-6-2-4-7(5-3-6)11(8,9)10/h1-8,16H,9-10H2;2-5H,1H3,(H,8,9,10). The van der Waals surface area contributed by atoms with Gasteiger partial charge in [-0.15, -0.1) is 11.6 Å². The molecular weight excluding hydrogens is 400 g/mol. The minimum absolute atomic E-state index is 0.0666. The Kier molecular flexibility index (Phi) is 7.87. The minimum Gasteiger partial charge on any atom is -0.504 e. The van der Waals surface area contributed by atoms with E-state index in [4.69, 9.17) is 20.9 Å². The van der Waals surface area contributed by atoms with Gasteiger partial charge in [0.15, 0.2) is 11.5 Å². The maximum Gasteiger partial charge on any atom is 0.294 e. The number of phenols is 1. The summed E-state index contributed by atoms with van der Waals surface area (Å²) in [4.78, 5) is -0.0666. The van der Waals surface area contributed by atoms with Gasteiger partial charge < -0.3 is 9.84 Å². The Balaban J connectivity index is 0.000000221. The van der Waals surface area contributed by atoms with Gasteiger partial charge >= 0.3 is 0 Å². The van der Waals surface area contributed by atoms with Gasteiger partial charge in [0.05, 0.1) is 4.90 Å². The quantitative estimate of drug-likeness (QED) is 0.450. The Bertz CT molecular complexity index is 987. The van der Waals surface area contributed by atoms with Crippen LogP contribution in [0.3, 0.4) is 0 Å². The third-order valence-electron chi connectivity index (χ3n) is 3.73. The lowest BCUT2D eigenvalue weighted by Gasteiger charge is -2.08. The molecule has 3 rings (SSSR count). The van der Waals surface area contributed by atoms with Crippen molar-refractivity contribution in [3.05, 3.63) is 89.5 Å². The van der Waals surface area contributed by atoms with Crippen molar-refractivity contribution in [2.24, 2.45) is 0 Å². The Morgan fingerprint density at radius 2 is 1.57 bits per heavy atom. The second-order valence-corrected chi connectivity index (χ2v) is 7.69. The van der Waals surface area contributed by atoms with Crippen molar-refractivity contribution in [3.8, 4) is 11.5 Å². The zero-order valence-electron chi connectivity index (χ0n) is 15.2. The van der Waals surface area contributed by atoms with Crippen LogP contribution in [0, 0.1) is 6.92 Å². The van der Waals surface area contributed by atoms with E-state index in [2.05, 4.69) is 0 Å². The summed E-state index contributed by atoms with van der Waals surface area (Å²) in [5.41, 5.74) is 2.89. The molecule has 0 aliphatic carbocycles. The highest BCUT2D eigenvalue weighted by atomic mass is 35.5. The Hall–Kier alpha value is -2.54. The SMILES string of the molecule is Cc1ccc(S(=O)(=O)O)cc1.Oc1cc(CCl)ccc1OCc1ccccc1. The van der Waals surface area contributed by atoms with Gasteiger partial charge in [0, 0.05) is 5.88 Å². The predicted molar refractivity (Wildman–Crippen MR) is 109 cm³/mol. The third-order valence-corrected chi connectivity index (χ3v) is 4.91. The molecule has 0 radical (unpaired) electrons. The van der Waals surface area contributed by atoms with E-state index >= 15 is 0 Å². The molecule has 148 valence electrons. The van der Waals surface area contributed by atoms with Crippen molar-refractivity contribution in [1.82, 2.24) is 0 Å². The average molecular weight is 421 g/mol. The van der Waals surface area contributed by atoms with Gasteiger partial charge in [-0.3, -0.25) is 4.55 Å². The van der Waals surface area contributed by atoms with E-state index in [0.717, 1.165) is 16.7 Å². The maximum atomic E-state index is 10.5. The molecule has 0 heterocycles. The van der Waals surface area contributed by atoms with Gasteiger partial charge in [0.2, 0.25) is 0 Å². The number of alkyl halides is 1. The molecule has 2 N–H and O–H groups in total. The third kappa shape index (κ3) is 6.88. The number of aryl methyl sites for hydroxylation is 1. The van der Waals surface area contributed by atoms with Crippen LogP contribution in [0.15, 0.2) is 77.7 Å². The first-order chi connectivity index (χ1) is 13.3. The molecule has 0 aromatic heterocycles. The van der Waals surface area contributed by atoms with Crippen LogP contribution < -0.4 is 4.74 Å². The summed E-state index contributed by atoms with van der Waals surface area (Å²) in [5.74, 6) is 0.980. The topological polar surface area (TPSA) is 83.8 Å². The largest absolute Gasteiger partial charge is 0.504 e. The highest BCUT2D eigenvalue weighted by Crippen LogP contribution is 2.28. The summed E-state index contributed by atoms with van der Waals surface area (Å²) >= 11 is 5.67. The molecule has 5 nitrogen and oxygen atoms in total. The molecule has 0 saturated carbocycles. The molecule has 0 aliphatic rings. The summed E-state index contributed by atoms with van der Waals surface area (Å²) < 4.78 is 35.1. The van der Waals surface area contributed by atoms with Crippen LogP contribution in [0.4, 0.5) is 0 Å². The van der Waals surface area contributed by atoms with E-state index in [0.29, 0.717) is 18.2 Å². The first-order valence-corrected chi connectivity index (χ1v) is 10.4. The number of aromatic hydroxyl groups is 1. The van der Waals surface area contributed by atoms with Gasteiger partial charge in [-0.1, -0.05) is 54.1 Å². The van der Waals surface area contributed by atoms with E-state index in [9.17, 15) is 13.5 Å². The van der Waals surface area contributed by atoms with Crippen molar-refractivity contribution in [2.45, 2.75) is 24.3 Å². The van der Waals surface area contributed by atoms with Gasteiger partial charge in [-0.25, -0.2) is 0 Å². The number of hydrogen-bond acceptors (Lipinski definition) is 4. The Labute approximate surface area is 169 Å². The molecule has 0 unspecified atom stereocenters. The normalized spacial score (nSPS) is 10.7. The lowest BCUT2D eigenvalue weighted by Crippen LogP contribution is -1.96. The van der Waals surface area contributed by atoms with Gasteiger partial charge in [-0.2, -0.15) is 8.42 Å². The highest BCUT2D eigenvalue weighted by molar-refractivity contribution is 7.85. The van der Waals surface area contributed by atoms with Crippen LogP contribution >= 0.6 is 11.6 Å². The monoisotopic (exact) mass is 420 g/mol. The van der Waals surface area contributed by atoms with E-state index in [1.54, 1.807) is 24.3 Å². The van der Waals surface area contributed by atoms with Crippen LogP contribution in [0.25, 0.3) is 0 Å². The van der Waals surface area contributed by atoms with E-state index in [1.807, 2.05) is 43.3 Å². The molecule has 0 fully saturated rings. The molecule has 7 heteroatoms. The molecule has 3 aromatic carbocycles. The van der Waals surface area contributed by atoms with Crippen molar-refractivity contribution in [2.75, 3.05) is 0 Å². The second kappa shape index (κ2) is 10.1. The minimum atomic E-state index is -4.02.